The van der Waals surface area contributed by atoms with Gasteiger partial charge < -0.3 is 0 Å². The van der Waals surface area contributed by atoms with Gasteiger partial charge in [-0.1, -0.05) is 0 Å². The van der Waals surface area contributed by atoms with Crippen molar-refractivity contribution < 1.29 is 9.72 Å². The first-order chi connectivity index (χ1) is 7.97. The van der Waals surface area contributed by atoms with Gasteiger partial charge in [0.2, 0.25) is 0 Å². The van der Waals surface area contributed by atoms with Gasteiger partial charge in [0.25, 0.3) is 5.69 Å². The van der Waals surface area contributed by atoms with Crippen molar-refractivity contribution in [3.05, 3.63) is 32.8 Å². The lowest BCUT2D eigenvalue weighted by Crippen LogP contribution is -2.01. The number of rotatable bonds is 3. The number of fused-ring (bicyclic) bond motifs is 1. The molecule has 0 unspecified atom stereocenters. The van der Waals surface area contributed by atoms with Gasteiger partial charge in [0.05, 0.1) is 20.1 Å². The van der Waals surface area contributed by atoms with E-state index in [1.807, 2.05) is 6.92 Å². The van der Waals surface area contributed by atoms with Crippen molar-refractivity contribution in [2.45, 2.75) is 20.3 Å². The molecule has 0 bridgehead atoms. The molecule has 1 aromatic carbocycles. The SMILES string of the molecule is CC(=O)Cc1cc2nc(C)sc2cc1[N+](=O)[O-]. The van der Waals surface area contributed by atoms with Crippen LogP contribution in [0.4, 0.5) is 5.69 Å². The van der Waals surface area contributed by atoms with Crippen LogP contribution in [-0.4, -0.2) is 15.7 Å². The number of benzene rings is 1. The minimum atomic E-state index is -0.452. The number of nitrogens with zero attached hydrogens (tertiary/aromatic N) is 2. The highest BCUT2D eigenvalue weighted by Crippen LogP contribution is 2.29. The number of aryl methyl sites for hydroxylation is 1. The molecule has 0 radical (unpaired) electrons. The first-order valence-corrected chi connectivity index (χ1v) is 5.83. The van der Waals surface area contributed by atoms with Gasteiger partial charge in [-0.15, -0.1) is 11.3 Å². The van der Waals surface area contributed by atoms with Crippen LogP contribution in [0.15, 0.2) is 12.1 Å². The molecule has 0 saturated carbocycles. The smallest absolute Gasteiger partial charge is 0.274 e. The fourth-order valence-electron chi connectivity index (χ4n) is 1.70. The Balaban J connectivity index is 2.65. The highest BCUT2D eigenvalue weighted by Gasteiger charge is 2.17. The van der Waals surface area contributed by atoms with Gasteiger partial charge in [0, 0.05) is 18.1 Å². The molecule has 0 saturated heterocycles. The Kier molecular flexibility index (Phi) is 2.89. The molecule has 0 N–H and O–H groups in total. The summed E-state index contributed by atoms with van der Waals surface area (Å²) in [5, 5.41) is 11.8. The Morgan fingerprint density at radius 1 is 1.53 bits per heavy atom. The van der Waals surface area contributed by atoms with Crippen molar-refractivity contribution >= 4 is 33.0 Å². The molecule has 0 aliphatic carbocycles. The van der Waals surface area contributed by atoms with Gasteiger partial charge in [-0.25, -0.2) is 4.98 Å². The average Bonchev–Trinajstić information content (AvgIpc) is 2.54. The Morgan fingerprint density at radius 3 is 2.82 bits per heavy atom. The summed E-state index contributed by atoms with van der Waals surface area (Å²) in [4.78, 5) is 25.8. The van der Waals surface area contributed by atoms with Gasteiger partial charge in [-0.3, -0.25) is 14.9 Å². The predicted octanol–water partition coefficient (Wildman–Crippen LogP) is 2.64. The molecule has 1 aromatic heterocycles. The Hall–Kier alpha value is -1.82. The number of aromatic nitrogens is 1. The fourth-order valence-corrected chi connectivity index (χ4v) is 2.54. The number of nitro benzene ring substituents is 1. The highest BCUT2D eigenvalue weighted by molar-refractivity contribution is 7.18. The normalized spacial score (nSPS) is 10.7. The van der Waals surface area contributed by atoms with Crippen LogP contribution in [0.5, 0.6) is 0 Å². The van der Waals surface area contributed by atoms with E-state index in [0.717, 1.165) is 9.71 Å². The lowest BCUT2D eigenvalue weighted by Gasteiger charge is -2.00. The van der Waals surface area contributed by atoms with E-state index < -0.39 is 4.92 Å². The van der Waals surface area contributed by atoms with Crippen molar-refractivity contribution in [2.75, 3.05) is 0 Å². The number of carbonyl (C=O) groups excluding carboxylic acids is 1. The van der Waals surface area contributed by atoms with Crippen LogP contribution in [0.3, 0.4) is 0 Å². The number of Topliss-reactive ketones (excluding diaryl/α,β-unsaturated/α-hetero) is 1. The summed E-state index contributed by atoms with van der Waals surface area (Å²) in [6.07, 6.45) is 0.0722. The highest BCUT2D eigenvalue weighted by atomic mass is 32.1. The fraction of sp³-hybridized carbons (Fsp3) is 0.273. The van der Waals surface area contributed by atoms with E-state index in [1.54, 1.807) is 6.07 Å². The van der Waals surface area contributed by atoms with E-state index in [4.69, 9.17) is 0 Å². The monoisotopic (exact) mass is 250 g/mol. The minimum Gasteiger partial charge on any atom is -0.300 e. The zero-order chi connectivity index (χ0) is 12.6. The van der Waals surface area contributed by atoms with Crippen molar-refractivity contribution in [1.82, 2.24) is 4.98 Å². The van der Waals surface area contributed by atoms with E-state index in [9.17, 15) is 14.9 Å². The first-order valence-electron chi connectivity index (χ1n) is 5.01. The maximum absolute atomic E-state index is 11.1. The number of carbonyl (C=O) groups is 1. The minimum absolute atomic E-state index is 0.00338. The van der Waals surface area contributed by atoms with E-state index >= 15 is 0 Å². The maximum Gasteiger partial charge on any atom is 0.274 e. The second kappa shape index (κ2) is 4.21. The quantitative estimate of drug-likeness (QED) is 0.620. The standard InChI is InChI=1S/C11H10N2O3S/c1-6(14)3-8-4-9-11(17-7(2)12-9)5-10(8)13(15)16/h4-5H,3H2,1-2H3. The summed E-state index contributed by atoms with van der Waals surface area (Å²) in [6, 6.07) is 3.14. The summed E-state index contributed by atoms with van der Waals surface area (Å²) in [7, 11) is 0. The molecule has 0 aliphatic heterocycles. The van der Waals surface area contributed by atoms with Gasteiger partial charge >= 0.3 is 0 Å². The van der Waals surface area contributed by atoms with E-state index in [-0.39, 0.29) is 17.9 Å². The molecule has 88 valence electrons. The summed E-state index contributed by atoms with van der Waals surface area (Å²) in [5.74, 6) is -0.0978. The van der Waals surface area contributed by atoms with Crippen molar-refractivity contribution in [3.8, 4) is 0 Å². The number of nitro groups is 1. The molecule has 5 nitrogen and oxygen atoms in total. The first kappa shape index (κ1) is 11.7. The molecule has 2 rings (SSSR count). The Labute approximate surface area is 101 Å². The van der Waals surface area contributed by atoms with Gasteiger partial charge in [-0.2, -0.15) is 0 Å². The Bertz CT molecular complexity index is 618. The number of hydrogen-bond donors (Lipinski definition) is 0. The molecular weight excluding hydrogens is 240 g/mol. The molecule has 0 amide bonds. The molecular formula is C11H10N2O3S. The zero-order valence-electron chi connectivity index (χ0n) is 9.39. The van der Waals surface area contributed by atoms with Crippen LogP contribution in [0.2, 0.25) is 0 Å². The lowest BCUT2D eigenvalue weighted by molar-refractivity contribution is -0.385. The maximum atomic E-state index is 11.1. The molecule has 0 atom stereocenters. The van der Waals surface area contributed by atoms with Crippen LogP contribution in [-0.2, 0) is 11.2 Å². The van der Waals surface area contributed by atoms with Crippen LogP contribution in [0.25, 0.3) is 10.2 Å². The largest absolute Gasteiger partial charge is 0.300 e. The summed E-state index contributed by atoms with van der Waals surface area (Å²) in [6.45, 7) is 3.27. The van der Waals surface area contributed by atoms with E-state index in [1.165, 1.54) is 24.3 Å². The van der Waals surface area contributed by atoms with Crippen molar-refractivity contribution in [3.63, 3.8) is 0 Å². The van der Waals surface area contributed by atoms with E-state index in [2.05, 4.69) is 4.98 Å². The molecule has 0 spiro atoms. The Morgan fingerprint density at radius 2 is 2.24 bits per heavy atom. The predicted molar refractivity (Wildman–Crippen MR) is 65.4 cm³/mol. The zero-order valence-corrected chi connectivity index (χ0v) is 10.2. The molecule has 0 aliphatic rings. The number of hydrogen-bond acceptors (Lipinski definition) is 5. The van der Waals surface area contributed by atoms with Crippen LogP contribution >= 0.6 is 11.3 Å². The molecule has 6 heteroatoms. The third-order valence-corrected chi connectivity index (χ3v) is 3.27. The number of ketones is 1. The third-order valence-electron chi connectivity index (χ3n) is 2.33. The van der Waals surface area contributed by atoms with Crippen molar-refractivity contribution in [1.29, 1.82) is 0 Å². The summed E-state index contributed by atoms with van der Waals surface area (Å²) < 4.78 is 0.779. The molecule has 17 heavy (non-hydrogen) atoms. The second-order valence-electron chi connectivity index (χ2n) is 3.82. The van der Waals surface area contributed by atoms with Gasteiger partial charge in [-0.05, 0) is 19.9 Å². The molecule has 0 fully saturated rings. The topological polar surface area (TPSA) is 73.1 Å². The third kappa shape index (κ3) is 2.31. The van der Waals surface area contributed by atoms with Crippen LogP contribution in [0, 0.1) is 17.0 Å². The van der Waals surface area contributed by atoms with Gasteiger partial charge in [0.1, 0.15) is 5.78 Å². The van der Waals surface area contributed by atoms with Crippen molar-refractivity contribution in [2.24, 2.45) is 0 Å². The molecule has 2 aromatic rings. The lowest BCUT2D eigenvalue weighted by atomic mass is 10.1. The molecule has 1 heterocycles. The number of thiazole rings is 1. The second-order valence-corrected chi connectivity index (χ2v) is 5.05. The van der Waals surface area contributed by atoms with Gasteiger partial charge in [0.15, 0.2) is 0 Å². The van der Waals surface area contributed by atoms with Crippen LogP contribution in [0.1, 0.15) is 17.5 Å². The van der Waals surface area contributed by atoms with Crippen LogP contribution < -0.4 is 0 Å². The summed E-state index contributed by atoms with van der Waals surface area (Å²) >= 11 is 1.41. The average molecular weight is 250 g/mol. The van der Waals surface area contributed by atoms with E-state index in [0.29, 0.717) is 11.1 Å². The summed E-state index contributed by atoms with van der Waals surface area (Å²) in [5.41, 5.74) is 1.14.